The zero-order valence-corrected chi connectivity index (χ0v) is 9.66. The molecule has 0 radical (unpaired) electrons. The summed E-state index contributed by atoms with van der Waals surface area (Å²) in [5.74, 6) is -0.524. The predicted octanol–water partition coefficient (Wildman–Crippen LogP) is 2.28. The molecule has 92 valence electrons. The van der Waals surface area contributed by atoms with E-state index in [0.29, 0.717) is 5.69 Å². The quantitative estimate of drug-likeness (QED) is 0.842. The first-order chi connectivity index (χ1) is 8.18. The molecule has 0 saturated heterocycles. The van der Waals surface area contributed by atoms with Crippen molar-refractivity contribution in [1.29, 1.82) is 0 Å². The number of carbonyl (C=O) groups excluding carboxylic acids is 1. The van der Waals surface area contributed by atoms with Gasteiger partial charge in [-0.05, 0) is 30.9 Å². The van der Waals surface area contributed by atoms with Crippen LogP contribution < -0.4 is 11.1 Å². The second-order valence-electron chi connectivity index (χ2n) is 4.55. The first-order valence-electron chi connectivity index (χ1n) is 5.99. The summed E-state index contributed by atoms with van der Waals surface area (Å²) < 4.78 is 13.5. The van der Waals surface area contributed by atoms with Crippen molar-refractivity contribution in [1.82, 2.24) is 0 Å². The Kier molecular flexibility index (Phi) is 3.61. The van der Waals surface area contributed by atoms with Gasteiger partial charge in [-0.25, -0.2) is 4.39 Å². The van der Waals surface area contributed by atoms with Crippen molar-refractivity contribution in [3.05, 3.63) is 30.1 Å². The van der Waals surface area contributed by atoms with Gasteiger partial charge in [-0.2, -0.15) is 0 Å². The molecule has 4 heteroatoms. The Bertz CT molecular complexity index is 402. The van der Waals surface area contributed by atoms with Gasteiger partial charge in [-0.1, -0.05) is 25.0 Å². The third-order valence-electron chi connectivity index (χ3n) is 3.36. The summed E-state index contributed by atoms with van der Waals surface area (Å²) in [5.41, 5.74) is 5.74. The first kappa shape index (κ1) is 11.9. The minimum absolute atomic E-state index is 0.229. The van der Waals surface area contributed by atoms with E-state index in [1.54, 1.807) is 18.2 Å². The number of amides is 1. The van der Waals surface area contributed by atoms with Crippen LogP contribution in [0.25, 0.3) is 0 Å². The van der Waals surface area contributed by atoms with E-state index in [1.807, 2.05) is 0 Å². The third-order valence-corrected chi connectivity index (χ3v) is 3.36. The average molecular weight is 236 g/mol. The van der Waals surface area contributed by atoms with Crippen LogP contribution in [0, 0.1) is 11.7 Å². The Morgan fingerprint density at radius 1 is 1.35 bits per heavy atom. The molecule has 3 N–H and O–H groups in total. The fraction of sp³-hybridized carbons (Fsp3) is 0.462. The fourth-order valence-electron chi connectivity index (χ4n) is 2.46. The largest absolute Gasteiger partial charge is 0.371 e. The molecule has 1 unspecified atom stereocenters. The normalized spacial score (nSPS) is 17.9. The Hall–Kier alpha value is -1.58. The lowest BCUT2D eigenvalue weighted by atomic mass is 9.97. The summed E-state index contributed by atoms with van der Waals surface area (Å²) in [5, 5.41) is 2.94. The van der Waals surface area contributed by atoms with Crippen molar-refractivity contribution in [2.24, 2.45) is 11.7 Å². The molecule has 0 spiro atoms. The molecule has 0 aliphatic heterocycles. The lowest BCUT2D eigenvalue weighted by Crippen LogP contribution is -2.40. The van der Waals surface area contributed by atoms with Crippen LogP contribution in [0.15, 0.2) is 24.3 Å². The van der Waals surface area contributed by atoms with Crippen molar-refractivity contribution >= 4 is 11.6 Å². The van der Waals surface area contributed by atoms with Gasteiger partial charge >= 0.3 is 0 Å². The summed E-state index contributed by atoms with van der Waals surface area (Å²) in [4.78, 5) is 11.4. The van der Waals surface area contributed by atoms with Gasteiger partial charge in [0, 0.05) is 0 Å². The molecule has 2 rings (SSSR count). The minimum Gasteiger partial charge on any atom is -0.371 e. The summed E-state index contributed by atoms with van der Waals surface area (Å²) in [6.07, 6.45) is 4.20. The number of halogens is 1. The number of carbonyl (C=O) groups is 1. The van der Waals surface area contributed by atoms with Crippen LogP contribution in [0.3, 0.4) is 0 Å². The van der Waals surface area contributed by atoms with Crippen LogP contribution in [-0.4, -0.2) is 11.9 Å². The van der Waals surface area contributed by atoms with Gasteiger partial charge in [0.05, 0.1) is 5.69 Å². The average Bonchev–Trinajstić information content (AvgIpc) is 2.81. The molecule has 0 bridgehead atoms. The maximum absolute atomic E-state index is 13.5. The van der Waals surface area contributed by atoms with E-state index in [2.05, 4.69) is 5.32 Å². The van der Waals surface area contributed by atoms with Crippen molar-refractivity contribution < 1.29 is 9.18 Å². The number of para-hydroxylation sites is 1. The number of anilines is 1. The molecule has 1 aliphatic carbocycles. The monoisotopic (exact) mass is 236 g/mol. The molecular weight excluding hydrogens is 219 g/mol. The molecule has 1 aliphatic rings. The van der Waals surface area contributed by atoms with Crippen LogP contribution in [0.5, 0.6) is 0 Å². The summed E-state index contributed by atoms with van der Waals surface area (Å²) >= 11 is 0. The highest BCUT2D eigenvalue weighted by atomic mass is 19.1. The zero-order valence-electron chi connectivity index (χ0n) is 9.66. The lowest BCUT2D eigenvalue weighted by Gasteiger charge is -2.22. The van der Waals surface area contributed by atoms with Crippen molar-refractivity contribution in [3.63, 3.8) is 0 Å². The van der Waals surface area contributed by atoms with E-state index in [-0.39, 0.29) is 11.7 Å². The molecule has 1 atom stereocenters. The number of hydrogen-bond acceptors (Lipinski definition) is 2. The summed E-state index contributed by atoms with van der Waals surface area (Å²) in [6.45, 7) is 0. The maximum Gasteiger partial charge on any atom is 0.240 e. The fourth-order valence-corrected chi connectivity index (χ4v) is 2.46. The maximum atomic E-state index is 13.5. The lowest BCUT2D eigenvalue weighted by molar-refractivity contribution is -0.119. The minimum atomic E-state index is -0.464. The molecule has 1 aromatic carbocycles. The van der Waals surface area contributed by atoms with Crippen LogP contribution in [0.2, 0.25) is 0 Å². The highest BCUT2D eigenvalue weighted by Crippen LogP contribution is 2.29. The Balaban J connectivity index is 2.12. The second kappa shape index (κ2) is 5.17. The standard InChI is InChI=1S/C13H17FN2O/c14-10-7-3-4-8-11(10)16-12(13(15)17)9-5-1-2-6-9/h3-4,7-9,12,16H,1-2,5-6H2,(H2,15,17). The van der Waals surface area contributed by atoms with E-state index in [4.69, 9.17) is 5.73 Å². The molecule has 1 amide bonds. The van der Waals surface area contributed by atoms with Crippen LogP contribution in [-0.2, 0) is 4.79 Å². The van der Waals surface area contributed by atoms with Crippen LogP contribution in [0.1, 0.15) is 25.7 Å². The van der Waals surface area contributed by atoms with E-state index >= 15 is 0 Å². The van der Waals surface area contributed by atoms with Gasteiger partial charge in [0.2, 0.25) is 5.91 Å². The Labute approximate surface area is 100 Å². The number of hydrogen-bond donors (Lipinski definition) is 2. The van der Waals surface area contributed by atoms with Crippen molar-refractivity contribution in [3.8, 4) is 0 Å². The summed E-state index contributed by atoms with van der Waals surface area (Å²) in [7, 11) is 0. The third kappa shape index (κ3) is 2.75. The molecule has 0 heterocycles. The number of benzene rings is 1. The van der Waals surface area contributed by atoms with Crippen molar-refractivity contribution in [2.45, 2.75) is 31.7 Å². The highest BCUT2D eigenvalue weighted by Gasteiger charge is 2.29. The topological polar surface area (TPSA) is 55.1 Å². The van der Waals surface area contributed by atoms with E-state index in [1.165, 1.54) is 6.07 Å². The number of nitrogens with two attached hydrogens (primary N) is 1. The van der Waals surface area contributed by atoms with E-state index in [9.17, 15) is 9.18 Å². The molecule has 1 fully saturated rings. The molecule has 3 nitrogen and oxygen atoms in total. The number of primary amides is 1. The number of nitrogens with one attached hydrogen (secondary N) is 1. The van der Waals surface area contributed by atoms with Gasteiger partial charge in [-0.15, -0.1) is 0 Å². The Morgan fingerprint density at radius 2 is 2.00 bits per heavy atom. The van der Waals surface area contributed by atoms with Crippen molar-refractivity contribution in [2.75, 3.05) is 5.32 Å². The van der Waals surface area contributed by atoms with Gasteiger partial charge in [0.25, 0.3) is 0 Å². The highest BCUT2D eigenvalue weighted by molar-refractivity contribution is 5.83. The smallest absolute Gasteiger partial charge is 0.240 e. The van der Waals surface area contributed by atoms with Gasteiger partial charge in [0.1, 0.15) is 11.9 Å². The van der Waals surface area contributed by atoms with Gasteiger partial charge < -0.3 is 11.1 Å². The molecule has 17 heavy (non-hydrogen) atoms. The zero-order chi connectivity index (χ0) is 12.3. The SMILES string of the molecule is NC(=O)C(Nc1ccccc1F)C1CCCC1. The van der Waals surface area contributed by atoms with Crippen LogP contribution in [0.4, 0.5) is 10.1 Å². The second-order valence-corrected chi connectivity index (χ2v) is 4.55. The van der Waals surface area contributed by atoms with Gasteiger partial charge in [0.15, 0.2) is 0 Å². The predicted molar refractivity (Wildman–Crippen MR) is 65.0 cm³/mol. The van der Waals surface area contributed by atoms with E-state index < -0.39 is 11.9 Å². The number of rotatable bonds is 4. The van der Waals surface area contributed by atoms with E-state index in [0.717, 1.165) is 25.7 Å². The molecule has 1 aromatic rings. The molecular formula is C13H17FN2O. The Morgan fingerprint density at radius 3 is 2.59 bits per heavy atom. The summed E-state index contributed by atoms with van der Waals surface area (Å²) in [6, 6.07) is 5.89. The first-order valence-corrected chi connectivity index (χ1v) is 5.99. The molecule has 0 aromatic heterocycles. The van der Waals surface area contributed by atoms with Crippen LogP contribution >= 0.6 is 0 Å². The molecule has 1 saturated carbocycles. The van der Waals surface area contributed by atoms with Gasteiger partial charge in [-0.3, -0.25) is 4.79 Å².